The van der Waals surface area contributed by atoms with Crippen molar-refractivity contribution in [2.24, 2.45) is 0 Å². The molecule has 1 aliphatic heterocycles. The Bertz CT molecular complexity index is 622. The lowest BCUT2D eigenvalue weighted by Gasteiger charge is -2.13. The van der Waals surface area contributed by atoms with Crippen LogP contribution in [0.3, 0.4) is 0 Å². The summed E-state index contributed by atoms with van der Waals surface area (Å²) in [6.45, 7) is 3.50. The second-order valence-electron chi connectivity index (χ2n) is 4.85. The van der Waals surface area contributed by atoms with Gasteiger partial charge in [-0.15, -0.1) is 0 Å². The number of fused-ring (bicyclic) bond motifs is 1. The third-order valence-corrected chi connectivity index (χ3v) is 3.33. The van der Waals surface area contributed by atoms with Crippen LogP contribution in [0.4, 0.5) is 11.6 Å². The van der Waals surface area contributed by atoms with Gasteiger partial charge in [0.1, 0.15) is 5.82 Å². The smallest absolute Gasteiger partial charge is 0.220 e. The first-order chi connectivity index (χ1) is 9.76. The van der Waals surface area contributed by atoms with Crippen LogP contribution in [0.1, 0.15) is 19.8 Å². The maximum Gasteiger partial charge on any atom is 0.220 e. The maximum absolute atomic E-state index is 11.2. The highest BCUT2D eigenvalue weighted by Gasteiger charge is 2.20. The first-order valence-corrected chi connectivity index (χ1v) is 6.87. The van der Waals surface area contributed by atoms with Crippen molar-refractivity contribution >= 4 is 23.2 Å². The lowest BCUT2D eigenvalue weighted by molar-refractivity contribution is -0.119. The molecule has 0 aliphatic carbocycles. The molecule has 106 valence electrons. The summed E-state index contributed by atoms with van der Waals surface area (Å²) in [5.41, 5.74) is 0.788. The molecule has 0 radical (unpaired) electrons. The van der Waals surface area contributed by atoms with E-state index in [0.29, 0.717) is 13.0 Å². The molecular formula is C13H18N6O. The zero-order chi connectivity index (χ0) is 13.9. The van der Waals surface area contributed by atoms with Gasteiger partial charge in [0.05, 0.1) is 6.20 Å². The largest absolute Gasteiger partial charge is 0.369 e. The van der Waals surface area contributed by atoms with Crippen LogP contribution in [0.5, 0.6) is 0 Å². The fourth-order valence-corrected chi connectivity index (χ4v) is 2.37. The summed E-state index contributed by atoms with van der Waals surface area (Å²) >= 11 is 0. The third-order valence-electron chi connectivity index (χ3n) is 3.33. The summed E-state index contributed by atoms with van der Waals surface area (Å²) in [4.78, 5) is 20.0. The number of rotatable bonds is 5. The highest BCUT2D eigenvalue weighted by molar-refractivity contribution is 5.78. The van der Waals surface area contributed by atoms with E-state index in [9.17, 15) is 4.79 Å². The molecule has 0 spiro atoms. The maximum atomic E-state index is 11.2. The molecule has 1 aliphatic rings. The molecule has 2 aromatic rings. The van der Waals surface area contributed by atoms with Crippen molar-refractivity contribution in [1.82, 2.24) is 19.7 Å². The van der Waals surface area contributed by atoms with Crippen LogP contribution in [-0.2, 0) is 4.79 Å². The monoisotopic (exact) mass is 274 g/mol. The van der Waals surface area contributed by atoms with Crippen molar-refractivity contribution in [1.29, 1.82) is 0 Å². The second-order valence-corrected chi connectivity index (χ2v) is 4.85. The van der Waals surface area contributed by atoms with Crippen molar-refractivity contribution < 1.29 is 4.79 Å². The van der Waals surface area contributed by atoms with Gasteiger partial charge in [0, 0.05) is 37.9 Å². The Morgan fingerprint density at radius 3 is 3.15 bits per heavy atom. The predicted molar refractivity (Wildman–Crippen MR) is 76.8 cm³/mol. The van der Waals surface area contributed by atoms with Crippen molar-refractivity contribution in [3.63, 3.8) is 0 Å². The van der Waals surface area contributed by atoms with Gasteiger partial charge in [0.2, 0.25) is 5.91 Å². The Balaban J connectivity index is 1.78. The van der Waals surface area contributed by atoms with Crippen LogP contribution in [0.2, 0.25) is 0 Å². The minimum absolute atomic E-state index is 0.122. The lowest BCUT2D eigenvalue weighted by atomic mass is 10.2. The molecular weight excluding hydrogens is 256 g/mol. The number of nitrogens with zero attached hydrogens (tertiary/aromatic N) is 3. The van der Waals surface area contributed by atoms with E-state index in [1.165, 1.54) is 0 Å². The van der Waals surface area contributed by atoms with Gasteiger partial charge in [-0.25, -0.2) is 9.97 Å². The van der Waals surface area contributed by atoms with Gasteiger partial charge in [0.15, 0.2) is 11.5 Å². The summed E-state index contributed by atoms with van der Waals surface area (Å²) in [6, 6.07) is 0.169. The third kappa shape index (κ3) is 2.52. The average Bonchev–Trinajstić information content (AvgIpc) is 3.05. The molecule has 1 atom stereocenters. The van der Waals surface area contributed by atoms with Crippen LogP contribution in [0.25, 0.3) is 5.65 Å². The van der Waals surface area contributed by atoms with Crippen LogP contribution in [-0.4, -0.2) is 39.4 Å². The Kier molecular flexibility index (Phi) is 3.41. The second kappa shape index (κ2) is 5.36. The summed E-state index contributed by atoms with van der Waals surface area (Å²) in [5.74, 6) is 1.66. The van der Waals surface area contributed by atoms with Crippen molar-refractivity contribution in [2.75, 3.05) is 23.7 Å². The number of hydrogen-bond donors (Lipinski definition) is 3. The molecule has 3 heterocycles. The molecule has 1 amide bonds. The number of carbonyl (C=O) groups is 1. The Labute approximate surface area is 116 Å². The Morgan fingerprint density at radius 1 is 1.50 bits per heavy atom. The van der Waals surface area contributed by atoms with Gasteiger partial charge in [-0.1, -0.05) is 0 Å². The van der Waals surface area contributed by atoms with E-state index >= 15 is 0 Å². The molecule has 1 saturated heterocycles. The molecule has 3 rings (SSSR count). The Morgan fingerprint density at radius 2 is 2.40 bits per heavy atom. The van der Waals surface area contributed by atoms with Crippen LogP contribution in [0, 0.1) is 0 Å². The fourth-order valence-electron chi connectivity index (χ4n) is 2.37. The van der Waals surface area contributed by atoms with Gasteiger partial charge in [-0.05, 0) is 13.3 Å². The van der Waals surface area contributed by atoms with E-state index in [0.717, 1.165) is 30.2 Å². The number of carbonyl (C=O) groups excluding carboxylic acids is 1. The molecule has 2 aromatic heterocycles. The number of aromatic nitrogens is 3. The number of anilines is 2. The normalized spacial score (nSPS) is 18.2. The highest BCUT2D eigenvalue weighted by atomic mass is 16.1. The van der Waals surface area contributed by atoms with E-state index in [1.807, 2.05) is 23.7 Å². The van der Waals surface area contributed by atoms with Gasteiger partial charge < -0.3 is 20.4 Å². The minimum atomic E-state index is 0.122. The standard InChI is InChI=1S/C13H18N6O/c1-2-14-10-8-19-6-5-15-13(19)12(18-10)16-7-9-3-4-11(20)17-9/h5-6,8-9,14H,2-4,7H2,1H3,(H,16,18)(H,17,20). The van der Waals surface area contributed by atoms with Crippen LogP contribution >= 0.6 is 0 Å². The van der Waals surface area contributed by atoms with E-state index in [4.69, 9.17) is 0 Å². The summed E-state index contributed by atoms with van der Waals surface area (Å²) < 4.78 is 1.93. The van der Waals surface area contributed by atoms with Crippen molar-refractivity contribution in [3.05, 3.63) is 18.6 Å². The molecule has 1 unspecified atom stereocenters. The fraction of sp³-hybridized carbons (Fsp3) is 0.462. The summed E-state index contributed by atoms with van der Waals surface area (Å²) in [5, 5.41) is 9.42. The number of imidazole rings is 1. The van der Waals surface area contributed by atoms with Crippen LogP contribution < -0.4 is 16.0 Å². The zero-order valence-corrected chi connectivity index (χ0v) is 11.4. The van der Waals surface area contributed by atoms with Gasteiger partial charge in [-0.2, -0.15) is 0 Å². The molecule has 0 bridgehead atoms. The molecule has 0 saturated carbocycles. The van der Waals surface area contributed by atoms with Crippen molar-refractivity contribution in [2.45, 2.75) is 25.8 Å². The highest BCUT2D eigenvalue weighted by Crippen LogP contribution is 2.17. The first-order valence-electron chi connectivity index (χ1n) is 6.87. The first kappa shape index (κ1) is 12.7. The minimum Gasteiger partial charge on any atom is -0.369 e. The molecule has 7 heteroatoms. The van der Waals surface area contributed by atoms with E-state index in [2.05, 4.69) is 25.9 Å². The summed E-state index contributed by atoms with van der Waals surface area (Å²) in [7, 11) is 0. The number of nitrogens with one attached hydrogen (secondary N) is 3. The molecule has 7 nitrogen and oxygen atoms in total. The quantitative estimate of drug-likeness (QED) is 0.753. The summed E-state index contributed by atoms with van der Waals surface area (Å²) in [6.07, 6.45) is 7.02. The van der Waals surface area contributed by atoms with E-state index < -0.39 is 0 Å². The Hall–Kier alpha value is -2.31. The number of hydrogen-bond acceptors (Lipinski definition) is 5. The van der Waals surface area contributed by atoms with Gasteiger partial charge in [-0.3, -0.25) is 4.79 Å². The number of amides is 1. The molecule has 1 fully saturated rings. The van der Waals surface area contributed by atoms with E-state index in [-0.39, 0.29) is 11.9 Å². The molecule has 0 aromatic carbocycles. The molecule has 3 N–H and O–H groups in total. The van der Waals surface area contributed by atoms with Gasteiger partial charge >= 0.3 is 0 Å². The SMILES string of the molecule is CCNc1cn2ccnc2c(NCC2CCC(=O)N2)n1. The van der Waals surface area contributed by atoms with Crippen molar-refractivity contribution in [3.8, 4) is 0 Å². The average molecular weight is 274 g/mol. The topological polar surface area (TPSA) is 83.3 Å². The predicted octanol–water partition coefficient (Wildman–Crippen LogP) is 0.852. The molecule has 20 heavy (non-hydrogen) atoms. The lowest BCUT2D eigenvalue weighted by Crippen LogP contribution is -2.32. The van der Waals surface area contributed by atoms with E-state index in [1.54, 1.807) is 6.20 Å². The van der Waals surface area contributed by atoms with Crippen LogP contribution in [0.15, 0.2) is 18.6 Å². The zero-order valence-electron chi connectivity index (χ0n) is 11.4. The van der Waals surface area contributed by atoms with Gasteiger partial charge in [0.25, 0.3) is 0 Å².